The maximum absolute atomic E-state index is 15.7. The fourth-order valence-electron chi connectivity index (χ4n) is 4.04. The summed E-state index contributed by atoms with van der Waals surface area (Å²) in [6.45, 7) is 4.83. The molecule has 1 saturated carbocycles. The van der Waals surface area contributed by atoms with Gasteiger partial charge in [0.05, 0.1) is 5.69 Å². The van der Waals surface area contributed by atoms with Crippen LogP contribution in [0.5, 0.6) is 0 Å². The Kier molecular flexibility index (Phi) is 5.20. The van der Waals surface area contributed by atoms with Crippen molar-refractivity contribution in [3.8, 4) is 11.1 Å². The van der Waals surface area contributed by atoms with Gasteiger partial charge in [-0.15, -0.1) is 0 Å². The molecule has 0 spiro atoms. The van der Waals surface area contributed by atoms with Gasteiger partial charge in [0.15, 0.2) is 5.82 Å². The first-order valence-electron chi connectivity index (χ1n) is 9.63. The van der Waals surface area contributed by atoms with Crippen molar-refractivity contribution in [1.29, 1.82) is 0 Å². The van der Waals surface area contributed by atoms with Gasteiger partial charge in [-0.1, -0.05) is 38.3 Å². The average molecular weight is 398 g/mol. The fraction of sp³-hybridized carbons (Fsp3) is 0.364. The lowest BCUT2D eigenvalue weighted by Gasteiger charge is -2.22. The smallest absolute Gasteiger partial charge is 0.249 e. The Hall–Kier alpha value is -2.26. The van der Waals surface area contributed by atoms with E-state index in [2.05, 4.69) is 30.8 Å². The Labute approximate surface area is 165 Å². The number of amides is 2. The number of carbonyl (C=O) groups is 2. The van der Waals surface area contributed by atoms with Crippen LogP contribution in [0.15, 0.2) is 36.4 Å². The lowest BCUT2D eigenvalue weighted by molar-refractivity contribution is -0.121. The van der Waals surface area contributed by atoms with Crippen LogP contribution >= 0.6 is 7.92 Å². The average Bonchev–Trinajstić information content (AvgIpc) is 3.46. The van der Waals surface area contributed by atoms with Crippen molar-refractivity contribution in [1.82, 2.24) is 5.32 Å². The fourth-order valence-corrected chi connectivity index (χ4v) is 5.10. The molecule has 28 heavy (non-hydrogen) atoms. The van der Waals surface area contributed by atoms with Gasteiger partial charge in [-0.3, -0.25) is 9.59 Å². The normalized spacial score (nSPS) is 19.4. The van der Waals surface area contributed by atoms with Crippen molar-refractivity contribution in [2.24, 2.45) is 0 Å². The van der Waals surface area contributed by atoms with E-state index in [0.717, 1.165) is 29.5 Å². The largest absolute Gasteiger partial charge is 0.347 e. The van der Waals surface area contributed by atoms with E-state index in [9.17, 15) is 9.59 Å². The van der Waals surface area contributed by atoms with Gasteiger partial charge < -0.3 is 10.2 Å². The summed E-state index contributed by atoms with van der Waals surface area (Å²) in [5.41, 5.74) is 3.11. The first-order valence-corrected chi connectivity index (χ1v) is 11.9. The van der Waals surface area contributed by atoms with Crippen molar-refractivity contribution >= 4 is 31.2 Å². The Morgan fingerprint density at radius 3 is 2.54 bits per heavy atom. The molecule has 6 heteroatoms. The molecule has 0 radical (unpaired) electrons. The number of rotatable bonds is 6. The molecule has 1 aliphatic heterocycles. The van der Waals surface area contributed by atoms with Crippen molar-refractivity contribution in [2.45, 2.75) is 31.2 Å². The van der Waals surface area contributed by atoms with E-state index in [4.69, 9.17) is 0 Å². The zero-order valence-corrected chi connectivity index (χ0v) is 17.0. The number of anilines is 1. The molecule has 4 nitrogen and oxygen atoms in total. The summed E-state index contributed by atoms with van der Waals surface area (Å²) in [7, 11) is -0.323. The van der Waals surface area contributed by atoms with Crippen LogP contribution in [-0.2, 0) is 9.59 Å². The summed E-state index contributed by atoms with van der Waals surface area (Å²) in [6, 6.07) is 11.4. The number of hydrogen-bond donors (Lipinski definition) is 1. The van der Waals surface area contributed by atoms with Crippen molar-refractivity contribution in [3.63, 3.8) is 0 Å². The van der Waals surface area contributed by atoms with Crippen LogP contribution < -0.4 is 15.5 Å². The molecule has 1 atom stereocenters. The van der Waals surface area contributed by atoms with E-state index in [-0.39, 0.29) is 25.6 Å². The summed E-state index contributed by atoms with van der Waals surface area (Å²) in [5.74, 6) is -0.317. The van der Waals surface area contributed by atoms with Crippen LogP contribution in [-0.4, -0.2) is 38.2 Å². The second-order valence-corrected chi connectivity index (χ2v) is 9.93. The monoisotopic (exact) mass is 398 g/mol. The highest BCUT2D eigenvalue weighted by atomic mass is 31.1. The van der Waals surface area contributed by atoms with E-state index in [0.29, 0.717) is 25.1 Å². The number of nitrogens with zero attached hydrogens (tertiary/aromatic N) is 1. The number of halogens is 1. The van der Waals surface area contributed by atoms with Crippen LogP contribution in [0.3, 0.4) is 0 Å². The molecule has 2 aromatic carbocycles. The van der Waals surface area contributed by atoms with Crippen molar-refractivity contribution < 1.29 is 14.0 Å². The maximum Gasteiger partial charge on any atom is 0.249 e. The molecule has 0 aromatic heterocycles. The summed E-state index contributed by atoms with van der Waals surface area (Å²) in [5, 5.41) is 3.79. The molecular weight excluding hydrogens is 374 g/mol. The minimum absolute atomic E-state index is 0.213. The van der Waals surface area contributed by atoms with Gasteiger partial charge in [0.25, 0.3) is 0 Å². The predicted octanol–water partition coefficient (Wildman–Crippen LogP) is 3.59. The molecule has 1 N–H and O–H groups in total. The van der Waals surface area contributed by atoms with Crippen LogP contribution in [0.4, 0.5) is 10.1 Å². The standard InChI is InChI=1S/C22H24FN2O2P/c1-28(2)19-6-4-3-5-15(19)16-9-10-18(21(23)20(16)14-7-8-14)25-12-11-17(22(25)27)24-13-26/h3-6,9-10,13-14,17H,7-8,11-12H2,1-2H3,(H,24,26). The number of benzene rings is 2. The maximum atomic E-state index is 15.7. The molecule has 1 saturated heterocycles. The minimum Gasteiger partial charge on any atom is -0.347 e. The Morgan fingerprint density at radius 1 is 1.11 bits per heavy atom. The van der Waals surface area contributed by atoms with Gasteiger partial charge in [0.2, 0.25) is 12.3 Å². The molecule has 1 unspecified atom stereocenters. The summed E-state index contributed by atoms with van der Waals surface area (Å²) < 4.78 is 15.7. The number of hydrogen-bond acceptors (Lipinski definition) is 2. The lowest BCUT2D eigenvalue weighted by atomic mass is 9.95. The molecule has 0 bridgehead atoms. The van der Waals surface area contributed by atoms with E-state index in [1.165, 1.54) is 10.2 Å². The third kappa shape index (κ3) is 3.33. The second kappa shape index (κ2) is 7.63. The summed E-state index contributed by atoms with van der Waals surface area (Å²) in [6.07, 6.45) is 2.99. The van der Waals surface area contributed by atoms with Gasteiger partial charge >= 0.3 is 0 Å². The summed E-state index contributed by atoms with van der Waals surface area (Å²) >= 11 is 0. The van der Waals surface area contributed by atoms with Crippen LogP contribution in [0.2, 0.25) is 0 Å². The SMILES string of the molecule is CP(C)c1ccccc1-c1ccc(N2CCC(NC=O)C2=O)c(F)c1C1CC1. The zero-order valence-electron chi connectivity index (χ0n) is 16.1. The topological polar surface area (TPSA) is 49.4 Å². The molecule has 2 fully saturated rings. The Morgan fingerprint density at radius 2 is 1.86 bits per heavy atom. The molecule has 146 valence electrons. The Balaban J connectivity index is 1.79. The molecule has 4 rings (SSSR count). The van der Waals surface area contributed by atoms with E-state index in [1.807, 2.05) is 18.2 Å². The van der Waals surface area contributed by atoms with Crippen molar-refractivity contribution in [3.05, 3.63) is 47.8 Å². The summed E-state index contributed by atoms with van der Waals surface area (Å²) in [4.78, 5) is 24.8. The molecule has 2 amide bonds. The third-order valence-electron chi connectivity index (χ3n) is 5.59. The van der Waals surface area contributed by atoms with E-state index < -0.39 is 6.04 Å². The van der Waals surface area contributed by atoms with E-state index >= 15 is 4.39 Å². The first kappa shape index (κ1) is 19.1. The van der Waals surface area contributed by atoms with Gasteiger partial charge in [-0.05, 0) is 61.0 Å². The molecule has 1 aliphatic carbocycles. The molecule has 2 aliphatic rings. The highest BCUT2D eigenvalue weighted by Gasteiger charge is 2.37. The molecule has 2 aromatic rings. The van der Waals surface area contributed by atoms with Gasteiger partial charge in [0.1, 0.15) is 6.04 Å². The highest BCUT2D eigenvalue weighted by molar-refractivity contribution is 7.64. The minimum atomic E-state index is -0.564. The quantitative estimate of drug-likeness (QED) is 0.597. The second-order valence-electron chi connectivity index (χ2n) is 7.66. The van der Waals surface area contributed by atoms with Crippen molar-refractivity contribution in [2.75, 3.05) is 24.8 Å². The van der Waals surface area contributed by atoms with E-state index in [1.54, 1.807) is 6.07 Å². The number of carbonyl (C=O) groups excluding carboxylic acids is 2. The van der Waals surface area contributed by atoms with Crippen LogP contribution in [0.25, 0.3) is 11.1 Å². The lowest BCUT2D eigenvalue weighted by Crippen LogP contribution is -2.38. The highest BCUT2D eigenvalue weighted by Crippen LogP contribution is 2.48. The zero-order chi connectivity index (χ0) is 19.8. The van der Waals surface area contributed by atoms with Crippen LogP contribution in [0.1, 0.15) is 30.7 Å². The predicted molar refractivity (Wildman–Crippen MR) is 112 cm³/mol. The van der Waals surface area contributed by atoms with Gasteiger partial charge in [0, 0.05) is 12.1 Å². The van der Waals surface area contributed by atoms with Gasteiger partial charge in [-0.25, -0.2) is 4.39 Å². The molecule has 1 heterocycles. The first-order chi connectivity index (χ1) is 13.5. The third-order valence-corrected chi connectivity index (χ3v) is 6.94. The Bertz CT molecular complexity index is 927. The van der Waals surface area contributed by atoms with Gasteiger partial charge in [-0.2, -0.15) is 0 Å². The van der Waals surface area contributed by atoms with Crippen LogP contribution in [0, 0.1) is 5.82 Å². The number of nitrogens with one attached hydrogen (secondary N) is 1. The molecular formula is C22H24FN2O2P.